The van der Waals surface area contributed by atoms with E-state index in [2.05, 4.69) is 10.4 Å². The number of carbonyl (C=O) groups is 2. The van der Waals surface area contributed by atoms with Crippen molar-refractivity contribution in [1.82, 2.24) is 20.0 Å². The molecular formula is C13H20N4O2. The molecule has 0 radical (unpaired) electrons. The highest BCUT2D eigenvalue weighted by Gasteiger charge is 2.31. The number of carbonyl (C=O) groups excluding carboxylic acids is 2. The number of imide groups is 1. The number of rotatable bonds is 3. The maximum Gasteiger partial charge on any atom is 0.246 e. The minimum absolute atomic E-state index is 0.100. The summed E-state index contributed by atoms with van der Waals surface area (Å²) in [5.74, 6) is -0.243. The molecule has 1 N–H and O–H groups in total. The molecule has 1 atom stereocenters. The van der Waals surface area contributed by atoms with Crippen LogP contribution in [0.3, 0.4) is 0 Å². The summed E-state index contributed by atoms with van der Waals surface area (Å²) in [6.07, 6.45) is 0.991. The van der Waals surface area contributed by atoms with E-state index in [4.69, 9.17) is 0 Å². The van der Waals surface area contributed by atoms with Crippen molar-refractivity contribution in [3.05, 3.63) is 17.0 Å². The second kappa shape index (κ2) is 5.13. The van der Waals surface area contributed by atoms with Gasteiger partial charge in [-0.05, 0) is 20.3 Å². The summed E-state index contributed by atoms with van der Waals surface area (Å²) in [4.78, 5) is 24.6. The summed E-state index contributed by atoms with van der Waals surface area (Å²) in [5, 5.41) is 7.58. The molecule has 0 aromatic carbocycles. The van der Waals surface area contributed by atoms with E-state index in [9.17, 15) is 9.59 Å². The van der Waals surface area contributed by atoms with E-state index in [0.717, 1.165) is 17.0 Å². The largest absolute Gasteiger partial charge is 0.302 e. The molecule has 1 aromatic heterocycles. The zero-order valence-electron chi connectivity index (χ0n) is 11.9. The van der Waals surface area contributed by atoms with E-state index in [1.807, 2.05) is 25.6 Å². The van der Waals surface area contributed by atoms with Crippen LogP contribution in [0.4, 0.5) is 0 Å². The number of likely N-dealkylation sites (N-methyl/N-ethyl adjacent to an activating group) is 1. The standard InChI is InChI=1S/C13H20N4O2/c1-8-10(9(2)17(4)15-8)7-14-11-5-6-12(18)16(3)13(11)19/h11,14H,5-7H2,1-4H3. The smallest absolute Gasteiger partial charge is 0.246 e. The third kappa shape index (κ3) is 2.53. The lowest BCUT2D eigenvalue weighted by Gasteiger charge is -2.28. The zero-order chi connectivity index (χ0) is 14.2. The number of hydrogen-bond acceptors (Lipinski definition) is 4. The Morgan fingerprint density at radius 2 is 2.00 bits per heavy atom. The molecule has 1 aromatic rings. The molecule has 2 heterocycles. The maximum atomic E-state index is 12.0. The van der Waals surface area contributed by atoms with Gasteiger partial charge in [-0.1, -0.05) is 0 Å². The fraction of sp³-hybridized carbons (Fsp3) is 0.615. The van der Waals surface area contributed by atoms with Gasteiger partial charge in [-0.3, -0.25) is 19.2 Å². The van der Waals surface area contributed by atoms with Gasteiger partial charge in [0.05, 0.1) is 11.7 Å². The van der Waals surface area contributed by atoms with Crippen LogP contribution in [0.5, 0.6) is 0 Å². The SMILES string of the molecule is Cc1nn(C)c(C)c1CNC1CCC(=O)N(C)C1=O. The molecule has 6 heteroatoms. The van der Waals surface area contributed by atoms with Crippen molar-refractivity contribution in [1.29, 1.82) is 0 Å². The molecule has 2 amide bonds. The molecule has 1 unspecified atom stereocenters. The highest BCUT2D eigenvalue weighted by Crippen LogP contribution is 2.15. The van der Waals surface area contributed by atoms with Gasteiger partial charge in [-0.2, -0.15) is 5.10 Å². The van der Waals surface area contributed by atoms with Crippen LogP contribution in [0.2, 0.25) is 0 Å². The summed E-state index contributed by atoms with van der Waals surface area (Å²) in [6.45, 7) is 4.57. The van der Waals surface area contributed by atoms with E-state index in [-0.39, 0.29) is 17.9 Å². The molecule has 1 aliphatic heterocycles. The number of nitrogens with zero attached hydrogens (tertiary/aromatic N) is 3. The number of amides is 2. The predicted molar refractivity (Wildman–Crippen MR) is 70.3 cm³/mol. The first-order chi connectivity index (χ1) is 8.91. The number of nitrogens with one attached hydrogen (secondary N) is 1. The molecule has 1 saturated heterocycles. The van der Waals surface area contributed by atoms with Gasteiger partial charge in [-0.15, -0.1) is 0 Å². The van der Waals surface area contributed by atoms with Crippen molar-refractivity contribution in [2.75, 3.05) is 7.05 Å². The number of aromatic nitrogens is 2. The van der Waals surface area contributed by atoms with Crippen LogP contribution < -0.4 is 5.32 Å². The molecule has 0 spiro atoms. The molecule has 19 heavy (non-hydrogen) atoms. The Morgan fingerprint density at radius 1 is 1.32 bits per heavy atom. The van der Waals surface area contributed by atoms with Crippen molar-refractivity contribution in [3.63, 3.8) is 0 Å². The second-order valence-corrected chi connectivity index (χ2v) is 5.04. The Kier molecular flexibility index (Phi) is 3.71. The van der Waals surface area contributed by atoms with Crippen LogP contribution in [0, 0.1) is 13.8 Å². The third-order valence-electron chi connectivity index (χ3n) is 3.83. The van der Waals surface area contributed by atoms with Crippen molar-refractivity contribution in [2.45, 2.75) is 39.3 Å². The highest BCUT2D eigenvalue weighted by atomic mass is 16.2. The number of aryl methyl sites for hydroxylation is 2. The normalized spacial score (nSPS) is 20.2. The van der Waals surface area contributed by atoms with E-state index in [0.29, 0.717) is 19.4 Å². The number of piperidine rings is 1. The first-order valence-electron chi connectivity index (χ1n) is 6.44. The summed E-state index contributed by atoms with van der Waals surface area (Å²) in [6, 6.07) is -0.276. The fourth-order valence-corrected chi connectivity index (χ4v) is 2.40. The Labute approximate surface area is 112 Å². The van der Waals surface area contributed by atoms with Crippen molar-refractivity contribution < 1.29 is 9.59 Å². The predicted octanol–water partition coefficient (Wildman–Crippen LogP) is 0.274. The minimum atomic E-state index is -0.276. The van der Waals surface area contributed by atoms with Crippen molar-refractivity contribution in [3.8, 4) is 0 Å². The summed E-state index contributed by atoms with van der Waals surface area (Å²) in [7, 11) is 3.45. The van der Waals surface area contributed by atoms with Gasteiger partial charge in [0, 0.05) is 38.3 Å². The topological polar surface area (TPSA) is 67.2 Å². The van der Waals surface area contributed by atoms with E-state index >= 15 is 0 Å². The van der Waals surface area contributed by atoms with Crippen LogP contribution >= 0.6 is 0 Å². The minimum Gasteiger partial charge on any atom is -0.302 e. The van der Waals surface area contributed by atoms with Gasteiger partial charge in [0.2, 0.25) is 11.8 Å². The highest BCUT2D eigenvalue weighted by molar-refractivity contribution is 6.00. The monoisotopic (exact) mass is 264 g/mol. The lowest BCUT2D eigenvalue weighted by molar-refractivity contribution is -0.148. The average molecular weight is 264 g/mol. The van der Waals surface area contributed by atoms with E-state index in [1.165, 1.54) is 4.90 Å². The Morgan fingerprint density at radius 3 is 2.58 bits per heavy atom. The van der Waals surface area contributed by atoms with Gasteiger partial charge >= 0.3 is 0 Å². The lowest BCUT2D eigenvalue weighted by atomic mass is 10.0. The van der Waals surface area contributed by atoms with Crippen molar-refractivity contribution >= 4 is 11.8 Å². The van der Waals surface area contributed by atoms with Gasteiger partial charge in [0.25, 0.3) is 0 Å². The molecule has 1 aliphatic rings. The summed E-state index contributed by atoms with van der Waals surface area (Å²) >= 11 is 0. The third-order valence-corrected chi connectivity index (χ3v) is 3.83. The first kappa shape index (κ1) is 13.7. The van der Waals surface area contributed by atoms with Gasteiger partial charge in [0.15, 0.2) is 0 Å². The molecule has 0 aliphatic carbocycles. The summed E-state index contributed by atoms with van der Waals surface area (Å²) in [5.41, 5.74) is 3.19. The van der Waals surface area contributed by atoms with Gasteiger partial charge < -0.3 is 5.32 Å². The molecule has 104 valence electrons. The van der Waals surface area contributed by atoms with Crippen molar-refractivity contribution in [2.24, 2.45) is 7.05 Å². The molecule has 2 rings (SSSR count). The molecule has 1 fully saturated rings. The summed E-state index contributed by atoms with van der Waals surface area (Å²) < 4.78 is 1.84. The lowest BCUT2D eigenvalue weighted by Crippen LogP contribution is -2.51. The molecule has 0 saturated carbocycles. The Bertz CT molecular complexity index is 521. The second-order valence-electron chi connectivity index (χ2n) is 5.04. The zero-order valence-corrected chi connectivity index (χ0v) is 11.9. The Hall–Kier alpha value is -1.69. The quantitative estimate of drug-likeness (QED) is 0.796. The van der Waals surface area contributed by atoms with Crippen LogP contribution in [-0.2, 0) is 23.2 Å². The number of likely N-dealkylation sites (tertiary alicyclic amines) is 1. The number of hydrogen-bond donors (Lipinski definition) is 1. The van der Waals surface area contributed by atoms with Crippen LogP contribution in [0.25, 0.3) is 0 Å². The Balaban J connectivity index is 2.03. The van der Waals surface area contributed by atoms with Crippen LogP contribution in [0.1, 0.15) is 29.8 Å². The van der Waals surface area contributed by atoms with Gasteiger partial charge in [0.1, 0.15) is 0 Å². The molecular weight excluding hydrogens is 244 g/mol. The van der Waals surface area contributed by atoms with Crippen LogP contribution in [0.15, 0.2) is 0 Å². The maximum absolute atomic E-state index is 12.0. The van der Waals surface area contributed by atoms with E-state index in [1.54, 1.807) is 7.05 Å². The molecule has 6 nitrogen and oxygen atoms in total. The molecule has 0 bridgehead atoms. The fourth-order valence-electron chi connectivity index (χ4n) is 2.40. The van der Waals surface area contributed by atoms with Crippen LogP contribution in [-0.4, -0.2) is 39.6 Å². The average Bonchev–Trinajstić information content (AvgIpc) is 2.61. The van der Waals surface area contributed by atoms with Gasteiger partial charge in [-0.25, -0.2) is 0 Å². The first-order valence-corrected chi connectivity index (χ1v) is 6.44. The van der Waals surface area contributed by atoms with E-state index < -0.39 is 0 Å².